The maximum absolute atomic E-state index is 11.7. The van der Waals surface area contributed by atoms with Crippen molar-refractivity contribution in [2.24, 2.45) is 5.92 Å². The van der Waals surface area contributed by atoms with Crippen LogP contribution in [0.5, 0.6) is 11.5 Å². The van der Waals surface area contributed by atoms with E-state index in [2.05, 4.69) is 63.4 Å². The number of methoxy groups -OCH3 is 1. The first-order valence-corrected chi connectivity index (χ1v) is 12.6. The van der Waals surface area contributed by atoms with Gasteiger partial charge in [0.1, 0.15) is 11.5 Å². The number of hydrogen-bond acceptors (Lipinski definition) is 3. The molecule has 0 aliphatic rings. The molecule has 1 aromatic carbocycles. The number of halogens is 2. The summed E-state index contributed by atoms with van der Waals surface area (Å²) >= 11 is 8.35. The lowest BCUT2D eigenvalue weighted by molar-refractivity contribution is 0.0695. The van der Waals surface area contributed by atoms with Gasteiger partial charge in [-0.1, -0.05) is 61.9 Å². The summed E-state index contributed by atoms with van der Waals surface area (Å²) in [5, 5.41) is 9.70. The Morgan fingerprint density at radius 1 is 1.38 bits per heavy atom. The molecule has 0 atom stereocenters. The van der Waals surface area contributed by atoms with Gasteiger partial charge in [0.05, 0.1) is 17.7 Å². The van der Waals surface area contributed by atoms with E-state index in [0.29, 0.717) is 27.4 Å². The summed E-state index contributed by atoms with van der Waals surface area (Å²) in [5.41, 5.74) is 0.668. The molecule has 0 aromatic heterocycles. The average Bonchev–Trinajstić information content (AvgIpc) is 2.46. The molecule has 0 radical (unpaired) electrons. The lowest BCUT2D eigenvalue weighted by Gasteiger charge is -2.43. The van der Waals surface area contributed by atoms with Gasteiger partial charge in [-0.15, -0.1) is 0 Å². The van der Waals surface area contributed by atoms with E-state index in [1.807, 2.05) is 0 Å². The van der Waals surface area contributed by atoms with Crippen molar-refractivity contribution in [1.29, 1.82) is 0 Å². The molecule has 0 aliphatic heterocycles. The number of aromatic carboxylic acids is 1. The number of hydrogen-bond donors (Lipinski definition) is 1. The molecule has 1 aromatic rings. The standard InChI is InChI=1S/C17H26ClIO4Si/c1-10(2)17(3,4)24(6,7)23-12-8-13(22-5)15(18)14(16(20)21)11(12)9-19/h8,10H,9H2,1-7H3,(H,20,21). The highest BCUT2D eigenvalue weighted by atomic mass is 127. The molecule has 0 unspecified atom stereocenters. The Morgan fingerprint density at radius 2 is 1.92 bits per heavy atom. The molecule has 1 rings (SSSR count). The molecule has 0 saturated carbocycles. The second-order valence-electron chi connectivity index (χ2n) is 7.17. The zero-order chi connectivity index (χ0) is 18.9. The molecule has 0 fully saturated rings. The van der Waals surface area contributed by atoms with E-state index in [1.165, 1.54) is 7.11 Å². The van der Waals surface area contributed by atoms with E-state index >= 15 is 0 Å². The number of rotatable bonds is 7. The summed E-state index contributed by atoms with van der Waals surface area (Å²) in [7, 11) is -0.715. The molecule has 0 heterocycles. The Balaban J connectivity index is 3.54. The first-order chi connectivity index (χ1) is 10.9. The highest BCUT2D eigenvalue weighted by Crippen LogP contribution is 2.47. The summed E-state index contributed by atoms with van der Waals surface area (Å²) in [6.45, 7) is 13.1. The van der Waals surface area contributed by atoms with Crippen LogP contribution in [-0.2, 0) is 4.43 Å². The Kier molecular flexibility index (Phi) is 7.03. The van der Waals surface area contributed by atoms with E-state index in [1.54, 1.807) is 6.07 Å². The molecule has 24 heavy (non-hydrogen) atoms. The average molecular weight is 485 g/mol. The van der Waals surface area contributed by atoms with E-state index in [-0.39, 0.29) is 15.6 Å². The van der Waals surface area contributed by atoms with Crippen molar-refractivity contribution in [3.8, 4) is 11.5 Å². The van der Waals surface area contributed by atoms with Crippen molar-refractivity contribution in [1.82, 2.24) is 0 Å². The maximum atomic E-state index is 11.7. The molecule has 0 spiro atoms. The van der Waals surface area contributed by atoms with Gasteiger partial charge in [-0.3, -0.25) is 0 Å². The zero-order valence-electron chi connectivity index (χ0n) is 15.3. The third-order valence-electron chi connectivity index (χ3n) is 5.22. The highest BCUT2D eigenvalue weighted by molar-refractivity contribution is 14.1. The highest BCUT2D eigenvalue weighted by Gasteiger charge is 2.45. The summed E-state index contributed by atoms with van der Waals surface area (Å²) in [4.78, 5) is 11.7. The van der Waals surface area contributed by atoms with Gasteiger partial charge in [0.25, 0.3) is 8.32 Å². The summed E-state index contributed by atoms with van der Waals surface area (Å²) in [5.74, 6) is 0.256. The van der Waals surface area contributed by atoms with E-state index in [9.17, 15) is 9.90 Å². The van der Waals surface area contributed by atoms with Gasteiger partial charge >= 0.3 is 5.97 Å². The van der Waals surface area contributed by atoms with Crippen LogP contribution < -0.4 is 9.16 Å². The van der Waals surface area contributed by atoms with Crippen molar-refractivity contribution in [3.63, 3.8) is 0 Å². The normalized spacial score (nSPS) is 12.4. The molecule has 1 N–H and O–H groups in total. The minimum atomic E-state index is -2.19. The molecule has 0 bridgehead atoms. The summed E-state index contributed by atoms with van der Waals surface area (Å²) in [6, 6.07) is 1.72. The van der Waals surface area contributed by atoms with Gasteiger partial charge < -0.3 is 14.3 Å². The van der Waals surface area contributed by atoms with E-state index in [4.69, 9.17) is 20.8 Å². The molecular formula is C17H26ClIO4Si. The van der Waals surface area contributed by atoms with Gasteiger partial charge in [-0.2, -0.15) is 0 Å². The van der Waals surface area contributed by atoms with Crippen LogP contribution in [0.15, 0.2) is 6.07 Å². The van der Waals surface area contributed by atoms with Crippen LogP contribution in [0.4, 0.5) is 0 Å². The Hall–Kier alpha value is -0.473. The number of carboxylic acid groups (broad SMARTS) is 1. The van der Waals surface area contributed by atoms with Crippen LogP contribution in [-0.4, -0.2) is 26.5 Å². The fourth-order valence-corrected chi connectivity index (χ4v) is 5.81. The topological polar surface area (TPSA) is 55.8 Å². The van der Waals surface area contributed by atoms with Crippen LogP contribution in [0.2, 0.25) is 23.2 Å². The van der Waals surface area contributed by atoms with Gasteiger partial charge in [0.2, 0.25) is 0 Å². The van der Waals surface area contributed by atoms with E-state index < -0.39 is 14.3 Å². The summed E-state index contributed by atoms with van der Waals surface area (Å²) in [6.07, 6.45) is 0. The molecule has 136 valence electrons. The first kappa shape index (κ1) is 21.6. The van der Waals surface area contributed by atoms with Crippen molar-refractivity contribution in [3.05, 3.63) is 22.2 Å². The van der Waals surface area contributed by atoms with Crippen LogP contribution in [0.1, 0.15) is 43.6 Å². The van der Waals surface area contributed by atoms with Crippen molar-refractivity contribution >= 4 is 48.5 Å². The fraction of sp³-hybridized carbons (Fsp3) is 0.588. The van der Waals surface area contributed by atoms with Crippen LogP contribution in [0, 0.1) is 5.92 Å². The number of ether oxygens (including phenoxy) is 1. The monoisotopic (exact) mass is 484 g/mol. The number of benzene rings is 1. The third kappa shape index (κ3) is 4.02. The fourth-order valence-electron chi connectivity index (χ4n) is 2.35. The quantitative estimate of drug-likeness (QED) is 0.293. The predicted octanol–water partition coefficient (Wildman–Crippen LogP) is 6.00. The molecule has 0 amide bonds. The number of carbonyl (C=O) groups is 1. The summed E-state index contributed by atoms with van der Waals surface area (Å²) < 4.78 is 12.2. The second-order valence-corrected chi connectivity index (χ2v) is 12.8. The Morgan fingerprint density at radius 3 is 2.29 bits per heavy atom. The predicted molar refractivity (Wildman–Crippen MR) is 110 cm³/mol. The molecule has 0 saturated heterocycles. The Bertz CT molecular complexity index is 630. The molecular weight excluding hydrogens is 459 g/mol. The minimum absolute atomic E-state index is 0.00575. The second kappa shape index (κ2) is 7.82. The van der Waals surface area contributed by atoms with Crippen molar-refractivity contribution < 1.29 is 19.1 Å². The molecule has 4 nitrogen and oxygen atoms in total. The van der Waals surface area contributed by atoms with Gasteiger partial charge in [0.15, 0.2) is 0 Å². The lowest BCUT2D eigenvalue weighted by atomic mass is 9.99. The maximum Gasteiger partial charge on any atom is 0.337 e. The molecule has 0 aliphatic carbocycles. The third-order valence-corrected chi connectivity index (χ3v) is 10.8. The minimum Gasteiger partial charge on any atom is -0.543 e. The largest absolute Gasteiger partial charge is 0.543 e. The smallest absolute Gasteiger partial charge is 0.337 e. The van der Waals surface area contributed by atoms with Crippen LogP contribution in [0.25, 0.3) is 0 Å². The lowest BCUT2D eigenvalue weighted by Crippen LogP contribution is -2.48. The van der Waals surface area contributed by atoms with Gasteiger partial charge in [-0.05, 0) is 24.1 Å². The van der Waals surface area contributed by atoms with Crippen LogP contribution >= 0.6 is 34.2 Å². The Labute approximate surface area is 164 Å². The number of alkyl halides is 1. The van der Waals surface area contributed by atoms with Crippen molar-refractivity contribution in [2.75, 3.05) is 7.11 Å². The van der Waals surface area contributed by atoms with Crippen LogP contribution in [0.3, 0.4) is 0 Å². The number of carboxylic acids is 1. The zero-order valence-corrected chi connectivity index (χ0v) is 19.2. The van der Waals surface area contributed by atoms with Gasteiger partial charge in [-0.25, -0.2) is 4.79 Å². The van der Waals surface area contributed by atoms with Gasteiger partial charge in [0, 0.05) is 16.1 Å². The molecule has 7 heteroatoms. The van der Waals surface area contributed by atoms with E-state index in [0.717, 1.165) is 0 Å². The SMILES string of the molecule is COc1cc(O[Si](C)(C)C(C)(C)C(C)C)c(CI)c(C(=O)O)c1Cl. The first-order valence-electron chi connectivity index (χ1n) is 7.78. The van der Waals surface area contributed by atoms with Crippen molar-refractivity contribution in [2.45, 2.75) is 50.3 Å².